The first-order valence-electron chi connectivity index (χ1n) is 6.04. The lowest BCUT2D eigenvalue weighted by atomic mass is 9.99. The van der Waals surface area contributed by atoms with Gasteiger partial charge in [0.2, 0.25) is 0 Å². The Kier molecular flexibility index (Phi) is 4.79. The van der Waals surface area contributed by atoms with Gasteiger partial charge in [-0.3, -0.25) is 0 Å². The predicted molar refractivity (Wildman–Crippen MR) is 68.6 cm³/mol. The van der Waals surface area contributed by atoms with Gasteiger partial charge in [0.25, 0.3) is 0 Å². The smallest absolute Gasteiger partial charge is 0.188 e. The molecule has 1 aliphatic carbocycles. The van der Waals surface area contributed by atoms with Crippen molar-refractivity contribution in [3.8, 4) is 0 Å². The fraction of sp³-hybridized carbons (Fsp3) is 0.583. The Morgan fingerprint density at radius 3 is 2.71 bits per heavy atom. The molecule has 0 aromatic carbocycles. The second-order valence-corrected chi connectivity index (χ2v) is 5.35. The van der Waals surface area contributed by atoms with Crippen LogP contribution in [0.3, 0.4) is 0 Å². The van der Waals surface area contributed by atoms with Gasteiger partial charge >= 0.3 is 0 Å². The van der Waals surface area contributed by atoms with Crippen LogP contribution >= 0.6 is 11.8 Å². The lowest BCUT2D eigenvalue weighted by Crippen LogP contribution is -2.19. The molecule has 1 heterocycles. The summed E-state index contributed by atoms with van der Waals surface area (Å²) in [6.45, 7) is 0. The average molecular weight is 251 g/mol. The zero-order valence-corrected chi connectivity index (χ0v) is 10.6. The molecule has 92 valence electrons. The van der Waals surface area contributed by atoms with Crippen LogP contribution in [0.15, 0.2) is 28.8 Å². The van der Waals surface area contributed by atoms with Gasteiger partial charge in [0.15, 0.2) is 5.16 Å². The Labute approximate surface area is 106 Å². The highest BCUT2D eigenvalue weighted by molar-refractivity contribution is 8.00. The van der Waals surface area contributed by atoms with E-state index in [2.05, 4.69) is 15.1 Å². The van der Waals surface area contributed by atoms with Crippen molar-refractivity contribution in [2.24, 2.45) is 5.16 Å². The first-order valence-corrected chi connectivity index (χ1v) is 6.92. The number of nitrogens with zero attached hydrogens (tertiary/aromatic N) is 3. The molecule has 1 fully saturated rings. The zero-order chi connectivity index (χ0) is 11.9. The molecule has 1 aromatic heterocycles. The molecule has 0 saturated heterocycles. The van der Waals surface area contributed by atoms with Gasteiger partial charge in [-0.05, 0) is 25.3 Å². The molecule has 0 bridgehead atoms. The van der Waals surface area contributed by atoms with E-state index in [-0.39, 0.29) is 5.25 Å². The van der Waals surface area contributed by atoms with E-state index >= 15 is 0 Å². The molecular formula is C12H17N3OS. The summed E-state index contributed by atoms with van der Waals surface area (Å²) in [5.74, 6) is 0. The van der Waals surface area contributed by atoms with Gasteiger partial charge in [-0.25, -0.2) is 9.97 Å². The third-order valence-corrected chi connectivity index (χ3v) is 4.15. The van der Waals surface area contributed by atoms with Gasteiger partial charge in [-0.15, -0.1) is 0 Å². The molecule has 4 nitrogen and oxygen atoms in total. The summed E-state index contributed by atoms with van der Waals surface area (Å²) in [4.78, 5) is 8.42. The number of hydrogen-bond acceptors (Lipinski definition) is 5. The molecule has 0 spiro atoms. The average Bonchev–Trinajstić information content (AvgIpc) is 2.34. The monoisotopic (exact) mass is 251 g/mol. The minimum atomic E-state index is 0.225. The molecule has 0 amide bonds. The Hall–Kier alpha value is -1.10. The summed E-state index contributed by atoms with van der Waals surface area (Å²) in [5, 5.41) is 13.5. The highest BCUT2D eigenvalue weighted by Crippen LogP contribution is 2.28. The minimum absolute atomic E-state index is 0.225. The molecule has 1 unspecified atom stereocenters. The van der Waals surface area contributed by atoms with Gasteiger partial charge < -0.3 is 5.21 Å². The number of rotatable bonds is 2. The molecule has 1 N–H and O–H groups in total. The van der Waals surface area contributed by atoms with E-state index < -0.39 is 0 Å². The number of hydrogen-bond donors (Lipinski definition) is 1. The highest BCUT2D eigenvalue weighted by Gasteiger charge is 2.20. The lowest BCUT2D eigenvalue weighted by molar-refractivity contribution is 0.315. The van der Waals surface area contributed by atoms with Crippen molar-refractivity contribution in [2.75, 3.05) is 0 Å². The van der Waals surface area contributed by atoms with Crippen LogP contribution in [0.25, 0.3) is 0 Å². The van der Waals surface area contributed by atoms with Crippen molar-refractivity contribution < 1.29 is 5.21 Å². The van der Waals surface area contributed by atoms with Crippen molar-refractivity contribution in [1.82, 2.24) is 9.97 Å². The van der Waals surface area contributed by atoms with Crippen molar-refractivity contribution in [3.63, 3.8) is 0 Å². The van der Waals surface area contributed by atoms with E-state index in [4.69, 9.17) is 5.21 Å². The third-order valence-electron chi connectivity index (χ3n) is 2.94. The fourth-order valence-corrected chi connectivity index (χ4v) is 3.12. The maximum Gasteiger partial charge on any atom is 0.188 e. The molecule has 1 atom stereocenters. The molecule has 0 aliphatic heterocycles. The Bertz CT molecular complexity index is 369. The summed E-state index contributed by atoms with van der Waals surface area (Å²) < 4.78 is 0. The second-order valence-electron chi connectivity index (χ2n) is 4.18. The van der Waals surface area contributed by atoms with E-state index in [1.165, 1.54) is 19.3 Å². The van der Waals surface area contributed by atoms with Gasteiger partial charge in [0.05, 0.1) is 11.0 Å². The molecule has 2 rings (SSSR count). The quantitative estimate of drug-likeness (QED) is 0.498. The van der Waals surface area contributed by atoms with Gasteiger partial charge in [-0.1, -0.05) is 36.2 Å². The first-order chi connectivity index (χ1) is 8.40. The molecule has 0 radical (unpaired) electrons. The van der Waals surface area contributed by atoms with Crippen LogP contribution in [0.1, 0.15) is 38.5 Å². The van der Waals surface area contributed by atoms with E-state index in [1.807, 2.05) is 6.07 Å². The van der Waals surface area contributed by atoms with Crippen molar-refractivity contribution in [1.29, 1.82) is 0 Å². The summed E-state index contributed by atoms with van der Waals surface area (Å²) >= 11 is 1.61. The molecule has 1 aromatic rings. The topological polar surface area (TPSA) is 58.4 Å². The first kappa shape index (κ1) is 12.4. The summed E-state index contributed by atoms with van der Waals surface area (Å²) in [6.07, 6.45) is 10.2. The third kappa shape index (κ3) is 3.70. The number of aromatic nitrogens is 2. The van der Waals surface area contributed by atoms with Crippen LogP contribution in [0.4, 0.5) is 0 Å². The maximum absolute atomic E-state index is 9.09. The van der Waals surface area contributed by atoms with Crippen molar-refractivity contribution in [3.05, 3.63) is 18.5 Å². The standard InChI is InChI=1S/C12H17N3OS/c16-15-10-6-3-1-2-4-7-11(10)17-12-13-8-5-9-14-12/h5,8-9,11,16H,1-4,6-7H2. The molecule has 1 aliphatic rings. The van der Waals surface area contributed by atoms with Crippen LogP contribution in [0, 0.1) is 0 Å². The predicted octanol–water partition coefficient (Wildman–Crippen LogP) is 3.12. The molecule has 5 heteroatoms. The van der Waals surface area contributed by atoms with E-state index in [0.717, 1.165) is 30.1 Å². The minimum Gasteiger partial charge on any atom is -0.411 e. The van der Waals surface area contributed by atoms with Crippen LogP contribution in [-0.4, -0.2) is 26.1 Å². The Morgan fingerprint density at radius 2 is 1.94 bits per heavy atom. The van der Waals surface area contributed by atoms with Crippen LogP contribution < -0.4 is 0 Å². The normalized spacial score (nSPS) is 24.2. The van der Waals surface area contributed by atoms with Crippen LogP contribution in [0.5, 0.6) is 0 Å². The van der Waals surface area contributed by atoms with E-state index in [0.29, 0.717) is 0 Å². The fourth-order valence-electron chi connectivity index (χ4n) is 2.03. The highest BCUT2D eigenvalue weighted by atomic mass is 32.2. The summed E-state index contributed by atoms with van der Waals surface area (Å²) in [6, 6.07) is 1.81. The van der Waals surface area contributed by atoms with Gasteiger partial charge in [0.1, 0.15) is 0 Å². The number of oxime groups is 1. The van der Waals surface area contributed by atoms with Crippen LogP contribution in [0.2, 0.25) is 0 Å². The van der Waals surface area contributed by atoms with Gasteiger partial charge in [0, 0.05) is 12.4 Å². The SMILES string of the molecule is ON=C1CCCCCCC1Sc1ncccn1. The Morgan fingerprint density at radius 1 is 1.18 bits per heavy atom. The van der Waals surface area contributed by atoms with E-state index in [1.54, 1.807) is 24.2 Å². The second kappa shape index (κ2) is 6.59. The van der Waals surface area contributed by atoms with E-state index in [9.17, 15) is 0 Å². The summed E-state index contributed by atoms with van der Waals surface area (Å²) in [5.41, 5.74) is 0.891. The molecular weight excluding hydrogens is 234 g/mol. The lowest BCUT2D eigenvalue weighted by Gasteiger charge is -2.19. The number of thioether (sulfide) groups is 1. The van der Waals surface area contributed by atoms with Crippen LogP contribution in [-0.2, 0) is 0 Å². The Balaban J connectivity index is 2.05. The van der Waals surface area contributed by atoms with Crippen molar-refractivity contribution >= 4 is 17.5 Å². The summed E-state index contributed by atoms with van der Waals surface area (Å²) in [7, 11) is 0. The maximum atomic E-state index is 9.09. The largest absolute Gasteiger partial charge is 0.411 e. The van der Waals surface area contributed by atoms with Gasteiger partial charge in [-0.2, -0.15) is 0 Å². The van der Waals surface area contributed by atoms with Crippen molar-refractivity contribution in [2.45, 2.75) is 48.9 Å². The molecule has 1 saturated carbocycles. The zero-order valence-electron chi connectivity index (χ0n) is 9.75. The molecule has 17 heavy (non-hydrogen) atoms.